The van der Waals surface area contributed by atoms with Gasteiger partial charge in [0.2, 0.25) is 0 Å². The number of nitrogens with two attached hydrogens (primary N) is 1. The topological polar surface area (TPSA) is 111 Å². The van der Waals surface area contributed by atoms with Crippen LogP contribution in [0.15, 0.2) is 28.6 Å². The van der Waals surface area contributed by atoms with Gasteiger partial charge in [-0.25, -0.2) is 9.78 Å². The molecule has 0 unspecified atom stereocenters. The van der Waals surface area contributed by atoms with Crippen molar-refractivity contribution in [2.45, 2.75) is 24.3 Å². The fraction of sp³-hybridized carbons (Fsp3) is 0.333. The molecular formula is C15H17N3O4S2. The minimum Gasteiger partial charge on any atom is -0.451 e. The number of aromatic nitrogens is 1. The van der Waals surface area contributed by atoms with Gasteiger partial charge in [-0.3, -0.25) is 14.9 Å². The lowest BCUT2D eigenvalue weighted by Crippen LogP contribution is -2.45. The Morgan fingerprint density at radius 1 is 1.33 bits per heavy atom. The van der Waals surface area contributed by atoms with Crippen molar-refractivity contribution in [3.05, 3.63) is 24.3 Å². The van der Waals surface area contributed by atoms with Crippen LogP contribution in [-0.4, -0.2) is 34.7 Å². The zero-order valence-corrected chi connectivity index (χ0v) is 14.8. The van der Waals surface area contributed by atoms with E-state index < -0.39 is 24.0 Å². The van der Waals surface area contributed by atoms with Crippen LogP contribution in [0.2, 0.25) is 0 Å². The molecule has 0 saturated heterocycles. The molecule has 0 spiro atoms. The maximum absolute atomic E-state index is 12.0. The van der Waals surface area contributed by atoms with Gasteiger partial charge >= 0.3 is 12.0 Å². The van der Waals surface area contributed by atoms with Gasteiger partial charge in [-0.15, -0.1) is 11.3 Å². The van der Waals surface area contributed by atoms with Crippen molar-refractivity contribution in [3.8, 4) is 0 Å². The highest BCUT2D eigenvalue weighted by molar-refractivity contribution is 8.01. The molecular weight excluding hydrogens is 350 g/mol. The number of fused-ring (bicyclic) bond motifs is 1. The summed E-state index contributed by atoms with van der Waals surface area (Å²) in [7, 11) is 0. The van der Waals surface area contributed by atoms with Crippen LogP contribution in [0.4, 0.5) is 4.79 Å². The number of thioether (sulfide) groups is 1. The van der Waals surface area contributed by atoms with Crippen molar-refractivity contribution in [1.29, 1.82) is 0 Å². The summed E-state index contributed by atoms with van der Waals surface area (Å²) >= 11 is 2.73. The lowest BCUT2D eigenvalue weighted by molar-refractivity contribution is -0.155. The second kappa shape index (κ2) is 8.11. The van der Waals surface area contributed by atoms with Gasteiger partial charge in [-0.05, 0) is 18.1 Å². The molecule has 9 heteroatoms. The smallest absolute Gasteiger partial charge is 0.318 e. The van der Waals surface area contributed by atoms with Gasteiger partial charge in [0.1, 0.15) is 0 Å². The molecule has 1 aromatic carbocycles. The van der Waals surface area contributed by atoms with Gasteiger partial charge in [0.25, 0.3) is 5.91 Å². The Bertz CT molecular complexity index is 727. The number of urea groups is 1. The first kappa shape index (κ1) is 18.2. The molecule has 0 radical (unpaired) electrons. The molecule has 1 heterocycles. The molecule has 2 rings (SSSR count). The fourth-order valence-corrected chi connectivity index (χ4v) is 3.75. The van der Waals surface area contributed by atoms with E-state index in [1.54, 1.807) is 13.8 Å². The molecule has 1 aromatic heterocycles. The number of ether oxygens (including phenoxy) is 1. The maximum atomic E-state index is 12.0. The van der Waals surface area contributed by atoms with Crippen molar-refractivity contribution in [3.63, 3.8) is 0 Å². The summed E-state index contributed by atoms with van der Waals surface area (Å²) < 4.78 is 6.95. The number of primary amides is 1. The molecule has 0 fully saturated rings. The Labute approximate surface area is 147 Å². The standard InChI is InChI=1S/C15H17N3O4S2/c1-8(2)12(13(20)18-14(16)21)22-11(19)7-23-15-17-9-5-3-4-6-10(9)24-15/h3-6,8,12H,7H2,1-2H3,(H3,16,18,20,21)/t12-/m1/s1. The first-order valence-corrected chi connectivity index (χ1v) is 8.95. The Kier molecular flexibility index (Phi) is 6.16. The van der Waals surface area contributed by atoms with Crippen LogP contribution in [0.5, 0.6) is 0 Å². The molecule has 0 aliphatic rings. The van der Waals surface area contributed by atoms with E-state index in [0.717, 1.165) is 14.6 Å². The molecule has 3 amide bonds. The number of carbonyl (C=O) groups excluding carboxylic acids is 3. The number of para-hydroxylation sites is 1. The fourth-order valence-electron chi connectivity index (χ4n) is 1.89. The summed E-state index contributed by atoms with van der Waals surface area (Å²) in [4.78, 5) is 39.0. The largest absolute Gasteiger partial charge is 0.451 e. The highest BCUT2D eigenvalue weighted by Gasteiger charge is 2.27. The van der Waals surface area contributed by atoms with Crippen LogP contribution in [0.3, 0.4) is 0 Å². The molecule has 1 atom stereocenters. The Morgan fingerprint density at radius 2 is 2.04 bits per heavy atom. The number of nitrogens with one attached hydrogen (secondary N) is 1. The quantitative estimate of drug-likeness (QED) is 0.598. The molecule has 0 aliphatic heterocycles. The van der Waals surface area contributed by atoms with Crippen molar-refractivity contribution in [2.24, 2.45) is 11.7 Å². The van der Waals surface area contributed by atoms with Gasteiger partial charge in [-0.1, -0.05) is 37.7 Å². The predicted octanol–water partition coefficient (Wildman–Crippen LogP) is 2.15. The summed E-state index contributed by atoms with van der Waals surface area (Å²) in [5.74, 6) is -1.55. The molecule has 2 aromatic rings. The predicted molar refractivity (Wildman–Crippen MR) is 92.8 cm³/mol. The van der Waals surface area contributed by atoms with Gasteiger partial charge < -0.3 is 10.5 Å². The molecule has 128 valence electrons. The van der Waals surface area contributed by atoms with Crippen LogP contribution in [0.1, 0.15) is 13.8 Å². The summed E-state index contributed by atoms with van der Waals surface area (Å²) in [6.07, 6.45) is -1.07. The van der Waals surface area contributed by atoms with Crippen LogP contribution in [0.25, 0.3) is 10.2 Å². The maximum Gasteiger partial charge on any atom is 0.318 e. The minimum atomic E-state index is -1.07. The van der Waals surface area contributed by atoms with E-state index in [0.29, 0.717) is 0 Å². The first-order chi connectivity index (χ1) is 11.4. The van der Waals surface area contributed by atoms with Crippen molar-refractivity contribution >= 4 is 51.2 Å². The van der Waals surface area contributed by atoms with E-state index in [4.69, 9.17) is 10.5 Å². The molecule has 0 bridgehead atoms. The lowest BCUT2D eigenvalue weighted by atomic mass is 10.1. The zero-order valence-electron chi connectivity index (χ0n) is 13.1. The lowest BCUT2D eigenvalue weighted by Gasteiger charge is -2.19. The van der Waals surface area contributed by atoms with E-state index in [9.17, 15) is 14.4 Å². The van der Waals surface area contributed by atoms with Crippen molar-refractivity contribution in [2.75, 3.05) is 5.75 Å². The summed E-state index contributed by atoms with van der Waals surface area (Å²) in [5.41, 5.74) is 5.79. The molecule has 0 saturated carbocycles. The van der Waals surface area contributed by atoms with Gasteiger partial charge in [0.15, 0.2) is 10.4 Å². The zero-order chi connectivity index (χ0) is 17.7. The number of benzene rings is 1. The average Bonchev–Trinajstić information content (AvgIpc) is 2.92. The number of nitrogens with zero attached hydrogens (tertiary/aromatic N) is 1. The van der Waals surface area contributed by atoms with Crippen molar-refractivity contribution in [1.82, 2.24) is 10.3 Å². The number of amides is 3. The van der Waals surface area contributed by atoms with E-state index in [2.05, 4.69) is 4.98 Å². The second-order valence-corrected chi connectivity index (χ2v) is 7.50. The summed E-state index contributed by atoms with van der Waals surface area (Å²) in [5, 5.41) is 1.93. The van der Waals surface area contributed by atoms with Crippen LogP contribution < -0.4 is 11.1 Å². The number of hydrogen-bond donors (Lipinski definition) is 2. The highest BCUT2D eigenvalue weighted by atomic mass is 32.2. The van der Waals surface area contributed by atoms with Gasteiger partial charge in [-0.2, -0.15) is 0 Å². The Balaban J connectivity index is 1.93. The summed E-state index contributed by atoms with van der Waals surface area (Å²) in [6, 6.07) is 6.70. The SMILES string of the molecule is CC(C)[C@@H](OC(=O)CSc1nc2ccccc2s1)C(=O)NC(N)=O. The van der Waals surface area contributed by atoms with Crippen LogP contribution in [-0.2, 0) is 14.3 Å². The number of imide groups is 1. The van der Waals surface area contributed by atoms with Crippen LogP contribution in [0, 0.1) is 5.92 Å². The third-order valence-corrected chi connectivity index (χ3v) is 5.11. The van der Waals surface area contributed by atoms with Crippen LogP contribution >= 0.6 is 23.1 Å². The number of thiazole rings is 1. The average molecular weight is 367 g/mol. The highest BCUT2D eigenvalue weighted by Crippen LogP contribution is 2.29. The third-order valence-electron chi connectivity index (χ3n) is 2.96. The molecule has 24 heavy (non-hydrogen) atoms. The van der Waals surface area contributed by atoms with E-state index >= 15 is 0 Å². The Morgan fingerprint density at radius 3 is 2.67 bits per heavy atom. The summed E-state index contributed by atoms with van der Waals surface area (Å²) in [6.45, 7) is 3.42. The molecule has 3 N–H and O–H groups in total. The number of hydrogen-bond acceptors (Lipinski definition) is 7. The number of esters is 1. The molecule has 0 aliphatic carbocycles. The first-order valence-electron chi connectivity index (χ1n) is 7.15. The Hall–Kier alpha value is -2.13. The third kappa shape index (κ3) is 4.93. The van der Waals surface area contributed by atoms with E-state index in [1.165, 1.54) is 23.1 Å². The van der Waals surface area contributed by atoms with E-state index in [1.807, 2.05) is 29.6 Å². The monoisotopic (exact) mass is 367 g/mol. The van der Waals surface area contributed by atoms with Crippen molar-refractivity contribution < 1.29 is 19.1 Å². The minimum absolute atomic E-state index is 0.0207. The number of carbonyl (C=O) groups is 3. The normalized spacial score (nSPS) is 12.1. The number of rotatable bonds is 6. The van der Waals surface area contributed by atoms with Gasteiger partial charge in [0.05, 0.1) is 16.0 Å². The van der Waals surface area contributed by atoms with Gasteiger partial charge in [0, 0.05) is 0 Å². The second-order valence-electron chi connectivity index (χ2n) is 5.24. The van der Waals surface area contributed by atoms with E-state index in [-0.39, 0.29) is 11.7 Å². The molecule has 7 nitrogen and oxygen atoms in total.